The molecule has 0 heterocycles. The molecule has 1 fully saturated rings. The second-order valence-corrected chi connectivity index (χ2v) is 5.81. The van der Waals surface area contributed by atoms with Gasteiger partial charge in [0.2, 0.25) is 0 Å². The van der Waals surface area contributed by atoms with Gasteiger partial charge in [0.1, 0.15) is 0 Å². The number of rotatable bonds is 4. The molecule has 2 heteroatoms. The summed E-state index contributed by atoms with van der Waals surface area (Å²) in [5.41, 5.74) is 1.20. The molecular weight excluding hydrogens is 222 g/mol. The van der Waals surface area contributed by atoms with E-state index in [1.165, 1.54) is 18.4 Å². The Labute approximate surface area is 110 Å². The van der Waals surface area contributed by atoms with Gasteiger partial charge in [-0.3, -0.25) is 0 Å². The van der Waals surface area contributed by atoms with Crippen LogP contribution in [0.4, 0.5) is 0 Å². The molecule has 18 heavy (non-hydrogen) atoms. The highest BCUT2D eigenvalue weighted by Crippen LogP contribution is 2.37. The van der Waals surface area contributed by atoms with E-state index in [-0.39, 0.29) is 12.1 Å². The van der Waals surface area contributed by atoms with Gasteiger partial charge in [0, 0.05) is 12.1 Å². The maximum Gasteiger partial charge on any atom is 0.0616 e. The molecule has 3 atom stereocenters. The molecule has 0 aliphatic heterocycles. The van der Waals surface area contributed by atoms with Crippen molar-refractivity contribution in [1.82, 2.24) is 5.32 Å². The summed E-state index contributed by atoms with van der Waals surface area (Å²) in [5, 5.41) is 13.5. The van der Waals surface area contributed by atoms with Gasteiger partial charge in [0.05, 0.1) is 6.61 Å². The Morgan fingerprint density at radius 1 is 1.28 bits per heavy atom. The van der Waals surface area contributed by atoms with Crippen molar-refractivity contribution in [2.45, 2.75) is 45.2 Å². The number of hydrogen-bond donors (Lipinski definition) is 2. The van der Waals surface area contributed by atoms with Crippen LogP contribution in [-0.4, -0.2) is 17.3 Å². The van der Waals surface area contributed by atoms with E-state index in [1.54, 1.807) is 0 Å². The van der Waals surface area contributed by atoms with Gasteiger partial charge in [-0.05, 0) is 23.8 Å². The molecule has 100 valence electrons. The van der Waals surface area contributed by atoms with Crippen molar-refractivity contribution < 1.29 is 5.11 Å². The monoisotopic (exact) mass is 247 g/mol. The molecule has 0 saturated heterocycles. The van der Waals surface area contributed by atoms with Crippen LogP contribution in [0.5, 0.6) is 0 Å². The standard InChI is InChI=1S/C16H25NO/c1-13-7-6-10-16(12-18,14(13)2)17-11-15-8-4-3-5-9-15/h3-5,8-9,13-14,17-18H,6-7,10-12H2,1-2H3. The van der Waals surface area contributed by atoms with Gasteiger partial charge in [-0.25, -0.2) is 0 Å². The lowest BCUT2D eigenvalue weighted by Gasteiger charge is -2.45. The summed E-state index contributed by atoms with van der Waals surface area (Å²) < 4.78 is 0. The zero-order valence-corrected chi connectivity index (χ0v) is 11.5. The maximum absolute atomic E-state index is 9.85. The van der Waals surface area contributed by atoms with Crippen LogP contribution >= 0.6 is 0 Å². The molecule has 0 spiro atoms. The summed E-state index contributed by atoms with van der Waals surface area (Å²) in [6, 6.07) is 10.4. The van der Waals surface area contributed by atoms with Crippen molar-refractivity contribution in [2.75, 3.05) is 6.61 Å². The fraction of sp³-hybridized carbons (Fsp3) is 0.625. The van der Waals surface area contributed by atoms with Crippen molar-refractivity contribution in [1.29, 1.82) is 0 Å². The zero-order chi connectivity index (χ0) is 13.0. The lowest BCUT2D eigenvalue weighted by molar-refractivity contribution is 0.0438. The summed E-state index contributed by atoms with van der Waals surface area (Å²) in [4.78, 5) is 0. The summed E-state index contributed by atoms with van der Waals surface area (Å²) in [6.07, 6.45) is 3.59. The highest BCUT2D eigenvalue weighted by Gasteiger charge is 2.40. The molecule has 1 saturated carbocycles. The number of benzene rings is 1. The van der Waals surface area contributed by atoms with E-state index >= 15 is 0 Å². The van der Waals surface area contributed by atoms with Gasteiger partial charge in [-0.1, -0.05) is 57.0 Å². The summed E-state index contributed by atoms with van der Waals surface area (Å²) >= 11 is 0. The summed E-state index contributed by atoms with van der Waals surface area (Å²) in [6.45, 7) is 5.67. The Kier molecular flexibility index (Phi) is 4.41. The molecule has 1 aliphatic rings. The first-order valence-electron chi connectivity index (χ1n) is 7.08. The lowest BCUT2D eigenvalue weighted by atomic mass is 9.68. The van der Waals surface area contributed by atoms with Crippen molar-refractivity contribution >= 4 is 0 Å². The lowest BCUT2D eigenvalue weighted by Crippen LogP contribution is -2.56. The number of aliphatic hydroxyl groups excluding tert-OH is 1. The van der Waals surface area contributed by atoms with Crippen LogP contribution in [0.15, 0.2) is 30.3 Å². The van der Waals surface area contributed by atoms with E-state index < -0.39 is 0 Å². The molecule has 2 N–H and O–H groups in total. The summed E-state index contributed by atoms with van der Waals surface area (Å²) in [5.74, 6) is 1.22. The van der Waals surface area contributed by atoms with Gasteiger partial charge in [-0.15, -0.1) is 0 Å². The van der Waals surface area contributed by atoms with Gasteiger partial charge in [-0.2, -0.15) is 0 Å². The average Bonchev–Trinajstić information content (AvgIpc) is 2.42. The van der Waals surface area contributed by atoms with Gasteiger partial charge < -0.3 is 10.4 Å². The van der Waals surface area contributed by atoms with Crippen LogP contribution < -0.4 is 5.32 Å². The molecule has 2 nitrogen and oxygen atoms in total. The molecular formula is C16H25NO. The Bertz CT molecular complexity index is 365. The van der Waals surface area contributed by atoms with Crippen LogP contribution in [0, 0.1) is 11.8 Å². The smallest absolute Gasteiger partial charge is 0.0616 e. The Balaban J connectivity index is 2.04. The minimum atomic E-state index is -0.0898. The minimum Gasteiger partial charge on any atom is -0.394 e. The topological polar surface area (TPSA) is 32.3 Å². The Morgan fingerprint density at radius 2 is 2.00 bits per heavy atom. The highest BCUT2D eigenvalue weighted by atomic mass is 16.3. The van der Waals surface area contributed by atoms with E-state index in [2.05, 4.69) is 43.4 Å². The van der Waals surface area contributed by atoms with E-state index in [4.69, 9.17) is 0 Å². The maximum atomic E-state index is 9.85. The summed E-state index contributed by atoms with van der Waals surface area (Å²) in [7, 11) is 0. The minimum absolute atomic E-state index is 0.0898. The van der Waals surface area contributed by atoms with Gasteiger partial charge >= 0.3 is 0 Å². The van der Waals surface area contributed by atoms with Gasteiger partial charge in [0.15, 0.2) is 0 Å². The molecule has 0 bridgehead atoms. The third-order valence-electron chi connectivity index (χ3n) is 4.78. The third-order valence-corrected chi connectivity index (χ3v) is 4.78. The van der Waals surface area contributed by atoms with Crippen molar-refractivity contribution in [3.8, 4) is 0 Å². The van der Waals surface area contributed by atoms with Crippen LogP contribution in [-0.2, 0) is 6.54 Å². The van der Waals surface area contributed by atoms with Crippen LogP contribution in [0.3, 0.4) is 0 Å². The first-order chi connectivity index (χ1) is 8.68. The third kappa shape index (κ3) is 2.76. The second-order valence-electron chi connectivity index (χ2n) is 5.81. The van der Waals surface area contributed by atoms with Gasteiger partial charge in [0.25, 0.3) is 0 Å². The first-order valence-corrected chi connectivity index (χ1v) is 7.08. The van der Waals surface area contributed by atoms with Crippen LogP contribution in [0.2, 0.25) is 0 Å². The molecule has 2 rings (SSSR count). The quantitative estimate of drug-likeness (QED) is 0.857. The molecule has 1 aliphatic carbocycles. The number of aliphatic hydroxyl groups is 1. The molecule has 0 aromatic heterocycles. The Morgan fingerprint density at radius 3 is 2.67 bits per heavy atom. The molecule has 1 aromatic rings. The molecule has 0 amide bonds. The van der Waals surface area contributed by atoms with E-state index in [9.17, 15) is 5.11 Å². The fourth-order valence-electron chi connectivity index (χ4n) is 3.16. The first kappa shape index (κ1) is 13.6. The predicted molar refractivity (Wildman–Crippen MR) is 75.3 cm³/mol. The molecule has 3 unspecified atom stereocenters. The Hall–Kier alpha value is -0.860. The average molecular weight is 247 g/mol. The molecule has 0 radical (unpaired) electrons. The van der Waals surface area contributed by atoms with E-state index in [0.717, 1.165) is 13.0 Å². The zero-order valence-electron chi connectivity index (χ0n) is 11.5. The van der Waals surface area contributed by atoms with E-state index in [0.29, 0.717) is 11.8 Å². The largest absolute Gasteiger partial charge is 0.394 e. The van der Waals surface area contributed by atoms with E-state index in [1.807, 2.05) is 6.07 Å². The van der Waals surface area contributed by atoms with Crippen LogP contribution in [0.25, 0.3) is 0 Å². The van der Waals surface area contributed by atoms with Crippen molar-refractivity contribution in [3.63, 3.8) is 0 Å². The second kappa shape index (κ2) is 5.85. The van der Waals surface area contributed by atoms with Crippen molar-refractivity contribution in [2.24, 2.45) is 11.8 Å². The fourth-order valence-corrected chi connectivity index (χ4v) is 3.16. The SMILES string of the molecule is CC1CCCC(CO)(NCc2ccccc2)C1C. The highest BCUT2D eigenvalue weighted by molar-refractivity contribution is 5.15. The van der Waals surface area contributed by atoms with Crippen molar-refractivity contribution in [3.05, 3.63) is 35.9 Å². The number of hydrogen-bond acceptors (Lipinski definition) is 2. The normalized spacial score (nSPS) is 32.4. The number of nitrogens with one attached hydrogen (secondary N) is 1. The molecule has 1 aromatic carbocycles. The van der Waals surface area contributed by atoms with Crippen LogP contribution in [0.1, 0.15) is 38.7 Å². The predicted octanol–water partition coefficient (Wildman–Crippen LogP) is 2.96.